The van der Waals surface area contributed by atoms with Gasteiger partial charge in [-0.05, 0) is 60.0 Å². The second-order valence-corrected chi connectivity index (χ2v) is 8.48. The zero-order chi connectivity index (χ0) is 24.3. The maximum absolute atomic E-state index is 13.8. The molecule has 3 N–H and O–H groups in total. The molecule has 0 aliphatic carbocycles. The lowest BCUT2D eigenvalue weighted by Gasteiger charge is -2.15. The van der Waals surface area contributed by atoms with E-state index >= 15 is 0 Å². The number of amides is 1. The third-order valence-electron chi connectivity index (χ3n) is 6.50. The number of H-pyrrole nitrogens is 1. The summed E-state index contributed by atoms with van der Waals surface area (Å²) in [6.07, 6.45) is 1.46. The Morgan fingerprint density at radius 1 is 0.971 bits per heavy atom. The van der Waals surface area contributed by atoms with Crippen LogP contribution >= 0.6 is 0 Å². The maximum Gasteiger partial charge on any atom is 0.265 e. The monoisotopic (exact) mass is 462 g/mol. The van der Waals surface area contributed by atoms with Gasteiger partial charge < -0.3 is 10.7 Å². The van der Waals surface area contributed by atoms with E-state index in [2.05, 4.69) is 9.97 Å². The van der Waals surface area contributed by atoms with Crippen LogP contribution in [0.5, 0.6) is 0 Å². The lowest BCUT2D eigenvalue weighted by atomic mass is 9.93. The van der Waals surface area contributed by atoms with Gasteiger partial charge in [-0.1, -0.05) is 36.4 Å². The largest absolute Gasteiger partial charge is 0.366 e. The van der Waals surface area contributed by atoms with E-state index < -0.39 is 11.7 Å². The van der Waals surface area contributed by atoms with E-state index in [1.807, 2.05) is 55.5 Å². The molecule has 0 fully saturated rings. The van der Waals surface area contributed by atoms with Crippen molar-refractivity contribution < 1.29 is 9.18 Å². The van der Waals surface area contributed by atoms with Gasteiger partial charge >= 0.3 is 0 Å². The van der Waals surface area contributed by atoms with Crippen LogP contribution in [0.3, 0.4) is 0 Å². The summed E-state index contributed by atoms with van der Waals surface area (Å²) < 4.78 is 15.3. The van der Waals surface area contributed by atoms with Gasteiger partial charge in [-0.2, -0.15) is 0 Å². The molecule has 6 rings (SSSR count). The maximum atomic E-state index is 13.8. The van der Waals surface area contributed by atoms with Crippen molar-refractivity contribution in [2.75, 3.05) is 0 Å². The molecule has 0 bridgehead atoms. The molecule has 2 heterocycles. The van der Waals surface area contributed by atoms with Gasteiger partial charge in [-0.3, -0.25) is 14.2 Å². The fourth-order valence-electron chi connectivity index (χ4n) is 4.83. The molecule has 1 amide bonds. The number of halogens is 1. The minimum Gasteiger partial charge on any atom is -0.366 e. The Labute approximate surface area is 198 Å². The normalized spacial score (nSPS) is 11.5. The molecule has 35 heavy (non-hydrogen) atoms. The van der Waals surface area contributed by atoms with Gasteiger partial charge in [0.1, 0.15) is 12.1 Å². The first-order valence-corrected chi connectivity index (χ1v) is 11.0. The lowest BCUT2D eigenvalue weighted by molar-refractivity contribution is 0.100. The van der Waals surface area contributed by atoms with Crippen LogP contribution in [-0.4, -0.2) is 20.4 Å². The number of primary amides is 1. The van der Waals surface area contributed by atoms with E-state index in [0.29, 0.717) is 22.3 Å². The van der Waals surface area contributed by atoms with Gasteiger partial charge in [0.2, 0.25) is 0 Å². The molecule has 6 nitrogen and oxygen atoms in total. The topological polar surface area (TPSA) is 93.8 Å². The minimum absolute atomic E-state index is 0.210. The SMILES string of the molecule is Cc1c(-c2ccc(C(N)=O)c3[nH]c4ccccc4c23)cccc1-n1cnc2ccc(F)cc2c1=O. The summed E-state index contributed by atoms with van der Waals surface area (Å²) in [5.41, 5.74) is 11.0. The van der Waals surface area contributed by atoms with Crippen molar-refractivity contribution in [1.82, 2.24) is 14.5 Å². The Morgan fingerprint density at radius 2 is 1.80 bits per heavy atom. The Kier molecular flexibility index (Phi) is 4.54. The van der Waals surface area contributed by atoms with E-state index in [4.69, 9.17) is 5.73 Å². The fraction of sp³-hybridized carbons (Fsp3) is 0.0357. The van der Waals surface area contributed by atoms with E-state index in [9.17, 15) is 14.0 Å². The van der Waals surface area contributed by atoms with Gasteiger partial charge in [-0.25, -0.2) is 9.37 Å². The van der Waals surface area contributed by atoms with E-state index in [1.165, 1.54) is 29.1 Å². The highest BCUT2D eigenvalue weighted by Crippen LogP contribution is 2.38. The second kappa shape index (κ2) is 7.63. The average Bonchev–Trinajstić information content (AvgIpc) is 3.24. The van der Waals surface area contributed by atoms with Crippen LogP contribution in [0.4, 0.5) is 4.39 Å². The highest BCUT2D eigenvalue weighted by atomic mass is 19.1. The molecule has 170 valence electrons. The zero-order valence-electron chi connectivity index (χ0n) is 18.7. The number of nitrogens with one attached hydrogen (secondary N) is 1. The number of carbonyl (C=O) groups is 1. The molecule has 2 aromatic heterocycles. The number of fused-ring (bicyclic) bond motifs is 4. The molecule has 0 atom stereocenters. The van der Waals surface area contributed by atoms with Gasteiger partial charge in [0.15, 0.2) is 0 Å². The fourth-order valence-corrected chi connectivity index (χ4v) is 4.83. The predicted octanol–water partition coefficient (Wildman–Crippen LogP) is 5.23. The highest BCUT2D eigenvalue weighted by molar-refractivity contribution is 6.20. The molecule has 0 spiro atoms. The standard InChI is InChI=1S/C28H19FN4O2/c1-15-17(6-4-8-24(15)33-14-31-22-12-9-16(29)13-21(22)28(33)35)18-10-11-20(27(30)34)26-25(18)19-5-2-3-7-23(19)32-26/h2-14,32H,1H3,(H2,30,34). The molecule has 4 aromatic carbocycles. The third-order valence-corrected chi connectivity index (χ3v) is 6.50. The summed E-state index contributed by atoms with van der Waals surface area (Å²) in [6.45, 7) is 1.93. The summed E-state index contributed by atoms with van der Waals surface area (Å²) in [5, 5.41) is 2.05. The number of rotatable bonds is 3. The first-order chi connectivity index (χ1) is 16.9. The van der Waals surface area contributed by atoms with E-state index in [-0.39, 0.29) is 10.9 Å². The average molecular weight is 462 g/mol. The van der Waals surface area contributed by atoms with Crippen molar-refractivity contribution in [2.24, 2.45) is 5.73 Å². The summed E-state index contributed by atoms with van der Waals surface area (Å²) >= 11 is 0. The number of nitrogens with two attached hydrogens (primary N) is 1. The molecule has 0 saturated carbocycles. The van der Waals surface area contributed by atoms with Crippen LogP contribution in [0, 0.1) is 12.7 Å². The third kappa shape index (κ3) is 3.13. The molecule has 0 radical (unpaired) electrons. The van der Waals surface area contributed by atoms with Crippen LogP contribution in [-0.2, 0) is 0 Å². The van der Waals surface area contributed by atoms with Crippen molar-refractivity contribution in [1.29, 1.82) is 0 Å². The number of para-hydroxylation sites is 1. The van der Waals surface area contributed by atoms with Gasteiger partial charge in [0.05, 0.1) is 27.7 Å². The van der Waals surface area contributed by atoms with Crippen LogP contribution in [0.15, 0.2) is 83.9 Å². The van der Waals surface area contributed by atoms with Crippen molar-refractivity contribution in [3.8, 4) is 16.8 Å². The number of aromatic amines is 1. The molecule has 0 saturated heterocycles. The number of aromatic nitrogens is 3. The van der Waals surface area contributed by atoms with Crippen LogP contribution in [0.1, 0.15) is 15.9 Å². The Bertz CT molecular complexity index is 1880. The molecular formula is C28H19FN4O2. The molecular weight excluding hydrogens is 443 g/mol. The molecule has 0 aliphatic heterocycles. The van der Waals surface area contributed by atoms with E-state index in [0.717, 1.165) is 33.0 Å². The van der Waals surface area contributed by atoms with Crippen LogP contribution in [0.25, 0.3) is 49.5 Å². The lowest BCUT2D eigenvalue weighted by Crippen LogP contribution is -2.20. The minimum atomic E-state index is -0.514. The van der Waals surface area contributed by atoms with Crippen molar-refractivity contribution >= 4 is 38.6 Å². The zero-order valence-corrected chi connectivity index (χ0v) is 18.7. The second-order valence-electron chi connectivity index (χ2n) is 8.48. The van der Waals surface area contributed by atoms with Gasteiger partial charge in [-0.15, -0.1) is 0 Å². The van der Waals surface area contributed by atoms with Crippen LogP contribution < -0.4 is 11.3 Å². The van der Waals surface area contributed by atoms with E-state index in [1.54, 1.807) is 6.07 Å². The molecule has 6 aromatic rings. The van der Waals surface area contributed by atoms with Crippen molar-refractivity contribution in [3.63, 3.8) is 0 Å². The number of benzene rings is 4. The Balaban J connectivity index is 1.64. The quantitative estimate of drug-likeness (QED) is 0.377. The van der Waals surface area contributed by atoms with Crippen molar-refractivity contribution in [3.05, 3.63) is 106 Å². The Hall–Kier alpha value is -4.78. The number of nitrogens with zero attached hydrogens (tertiary/aromatic N) is 2. The molecule has 0 unspecified atom stereocenters. The van der Waals surface area contributed by atoms with Crippen LogP contribution in [0.2, 0.25) is 0 Å². The smallest absolute Gasteiger partial charge is 0.265 e. The number of hydrogen-bond acceptors (Lipinski definition) is 3. The predicted molar refractivity (Wildman–Crippen MR) is 135 cm³/mol. The summed E-state index contributed by atoms with van der Waals surface area (Å²) in [7, 11) is 0. The molecule has 0 aliphatic rings. The number of hydrogen-bond donors (Lipinski definition) is 2. The van der Waals surface area contributed by atoms with Gasteiger partial charge in [0.25, 0.3) is 11.5 Å². The summed E-state index contributed by atoms with van der Waals surface area (Å²) in [5.74, 6) is -1.00. The summed E-state index contributed by atoms with van der Waals surface area (Å²) in [4.78, 5) is 33.1. The van der Waals surface area contributed by atoms with Gasteiger partial charge in [0, 0.05) is 16.3 Å². The number of carbonyl (C=O) groups excluding carboxylic acids is 1. The first-order valence-electron chi connectivity index (χ1n) is 11.0. The first kappa shape index (κ1) is 20.8. The highest BCUT2D eigenvalue weighted by Gasteiger charge is 2.19. The molecule has 7 heteroatoms. The Morgan fingerprint density at radius 3 is 2.63 bits per heavy atom. The van der Waals surface area contributed by atoms with Crippen molar-refractivity contribution in [2.45, 2.75) is 6.92 Å². The summed E-state index contributed by atoms with van der Waals surface area (Å²) in [6, 6.07) is 21.1.